The Morgan fingerprint density at radius 3 is 2.59 bits per heavy atom. The van der Waals surface area contributed by atoms with Gasteiger partial charge in [0.1, 0.15) is 17.5 Å². The van der Waals surface area contributed by atoms with Crippen LogP contribution in [-0.4, -0.2) is 48.9 Å². The molecule has 0 radical (unpaired) electrons. The van der Waals surface area contributed by atoms with Gasteiger partial charge in [-0.25, -0.2) is 18.4 Å². The Balaban J connectivity index is 1.35. The number of H-pyrrole nitrogens is 1. The molecule has 150 valence electrons. The van der Waals surface area contributed by atoms with Gasteiger partial charge in [-0.05, 0) is 37.8 Å². The highest BCUT2D eigenvalue weighted by molar-refractivity contribution is 5.94. The Hall–Kier alpha value is -3.17. The molecule has 10 heteroatoms. The quantitative estimate of drug-likeness (QED) is 0.727. The summed E-state index contributed by atoms with van der Waals surface area (Å²) in [6.45, 7) is 0.778. The van der Waals surface area contributed by atoms with E-state index < -0.39 is 17.5 Å². The second-order valence-electron chi connectivity index (χ2n) is 7.58. The SMILES string of the molecule is O=C(c1ccc(F)cc1F)N1CCC(n2nnc3c(=O)[nH]c(C4CC4)nc32)CC1. The van der Waals surface area contributed by atoms with Gasteiger partial charge in [0.15, 0.2) is 11.2 Å². The highest BCUT2D eigenvalue weighted by atomic mass is 19.1. The van der Waals surface area contributed by atoms with E-state index in [9.17, 15) is 18.4 Å². The molecule has 1 N–H and O–H groups in total. The van der Waals surface area contributed by atoms with Crippen molar-refractivity contribution in [3.05, 3.63) is 51.6 Å². The highest BCUT2D eigenvalue weighted by Gasteiger charge is 2.30. The predicted octanol–water partition coefficient (Wildman–Crippen LogP) is 2.15. The number of piperidine rings is 1. The zero-order valence-corrected chi connectivity index (χ0v) is 15.4. The fourth-order valence-electron chi connectivity index (χ4n) is 3.80. The molecule has 0 spiro atoms. The molecule has 3 aromatic rings. The summed E-state index contributed by atoms with van der Waals surface area (Å²) in [6.07, 6.45) is 3.16. The molecule has 2 fully saturated rings. The number of hydrogen-bond acceptors (Lipinski definition) is 5. The van der Waals surface area contributed by atoms with Crippen LogP contribution in [0.1, 0.15) is 53.8 Å². The van der Waals surface area contributed by atoms with E-state index in [1.807, 2.05) is 0 Å². The number of carbonyl (C=O) groups is 1. The van der Waals surface area contributed by atoms with Crippen LogP contribution in [0, 0.1) is 11.6 Å². The number of halogens is 2. The number of nitrogens with zero attached hydrogens (tertiary/aromatic N) is 5. The molecule has 2 aromatic heterocycles. The molecule has 3 heterocycles. The summed E-state index contributed by atoms with van der Waals surface area (Å²) in [5.41, 5.74) is 0.243. The summed E-state index contributed by atoms with van der Waals surface area (Å²) in [5.74, 6) is -1.08. The standard InChI is InChI=1S/C19H18F2N6O2/c20-11-3-4-13(14(21)9-11)19(29)26-7-5-12(6-8-26)27-17-15(24-25-27)18(28)23-16(22-17)10-1-2-10/h3-4,9-10,12H,1-2,5-8H2,(H,22,23,28). The zero-order chi connectivity index (χ0) is 20.1. The molecule has 1 aliphatic carbocycles. The predicted molar refractivity (Wildman–Crippen MR) is 98.5 cm³/mol. The van der Waals surface area contributed by atoms with Crippen LogP contribution in [0.2, 0.25) is 0 Å². The number of amides is 1. The van der Waals surface area contributed by atoms with Gasteiger partial charge in [-0.2, -0.15) is 0 Å². The van der Waals surface area contributed by atoms with E-state index >= 15 is 0 Å². The van der Waals surface area contributed by atoms with Gasteiger partial charge in [-0.3, -0.25) is 9.59 Å². The third kappa shape index (κ3) is 3.18. The highest BCUT2D eigenvalue weighted by Crippen LogP contribution is 2.38. The maximum absolute atomic E-state index is 13.9. The number of aromatic nitrogens is 5. The minimum absolute atomic E-state index is 0.0662. The molecule has 2 aliphatic rings. The monoisotopic (exact) mass is 400 g/mol. The molecule has 1 amide bonds. The summed E-state index contributed by atoms with van der Waals surface area (Å²) >= 11 is 0. The van der Waals surface area contributed by atoms with E-state index in [1.165, 1.54) is 6.07 Å². The molecule has 8 nitrogen and oxygen atoms in total. The van der Waals surface area contributed by atoms with Crippen molar-refractivity contribution >= 4 is 17.1 Å². The molecule has 0 bridgehead atoms. The lowest BCUT2D eigenvalue weighted by Gasteiger charge is -2.32. The van der Waals surface area contributed by atoms with Crippen LogP contribution in [0.4, 0.5) is 8.78 Å². The van der Waals surface area contributed by atoms with Gasteiger partial charge >= 0.3 is 0 Å². The van der Waals surface area contributed by atoms with E-state index in [0.717, 1.165) is 18.9 Å². The fourth-order valence-corrected chi connectivity index (χ4v) is 3.80. The number of nitrogens with one attached hydrogen (secondary N) is 1. The number of fused-ring (bicyclic) bond motifs is 1. The first kappa shape index (κ1) is 17.9. The first-order valence-electron chi connectivity index (χ1n) is 9.60. The van der Waals surface area contributed by atoms with Crippen molar-refractivity contribution in [2.75, 3.05) is 13.1 Å². The van der Waals surface area contributed by atoms with Crippen LogP contribution < -0.4 is 5.56 Å². The molecular weight excluding hydrogens is 382 g/mol. The summed E-state index contributed by atoms with van der Waals surface area (Å²) in [4.78, 5) is 33.7. The van der Waals surface area contributed by atoms with E-state index in [1.54, 1.807) is 9.58 Å². The lowest BCUT2D eigenvalue weighted by molar-refractivity contribution is 0.0686. The summed E-state index contributed by atoms with van der Waals surface area (Å²) in [6, 6.07) is 2.89. The lowest BCUT2D eigenvalue weighted by atomic mass is 10.0. The first-order chi connectivity index (χ1) is 14.0. The van der Waals surface area contributed by atoms with Crippen LogP contribution in [0.5, 0.6) is 0 Å². The van der Waals surface area contributed by atoms with Crippen LogP contribution >= 0.6 is 0 Å². The Kier molecular flexibility index (Phi) is 4.14. The van der Waals surface area contributed by atoms with Gasteiger partial charge in [0, 0.05) is 25.1 Å². The van der Waals surface area contributed by atoms with Crippen molar-refractivity contribution in [3.8, 4) is 0 Å². The summed E-state index contributed by atoms with van der Waals surface area (Å²) in [5, 5.41) is 8.11. The van der Waals surface area contributed by atoms with Crippen LogP contribution in [0.25, 0.3) is 11.2 Å². The van der Waals surface area contributed by atoms with Crippen LogP contribution in [-0.2, 0) is 0 Å². The molecule has 5 rings (SSSR count). The maximum Gasteiger partial charge on any atom is 0.281 e. The smallest absolute Gasteiger partial charge is 0.281 e. The number of rotatable bonds is 3. The van der Waals surface area contributed by atoms with Gasteiger partial charge < -0.3 is 9.88 Å². The number of carbonyl (C=O) groups excluding carboxylic acids is 1. The van der Waals surface area contributed by atoms with Gasteiger partial charge in [-0.1, -0.05) is 5.21 Å². The van der Waals surface area contributed by atoms with E-state index in [0.29, 0.717) is 49.4 Å². The maximum atomic E-state index is 13.9. The fraction of sp³-hybridized carbons (Fsp3) is 0.421. The van der Waals surface area contributed by atoms with E-state index in [-0.39, 0.29) is 22.7 Å². The van der Waals surface area contributed by atoms with Crippen molar-refractivity contribution in [1.82, 2.24) is 29.9 Å². The molecule has 0 atom stereocenters. The molecule has 0 unspecified atom stereocenters. The van der Waals surface area contributed by atoms with Gasteiger partial charge in [0.05, 0.1) is 11.6 Å². The summed E-state index contributed by atoms with van der Waals surface area (Å²) < 4.78 is 28.7. The first-order valence-corrected chi connectivity index (χ1v) is 9.60. The van der Waals surface area contributed by atoms with Crippen molar-refractivity contribution < 1.29 is 13.6 Å². The summed E-state index contributed by atoms with van der Waals surface area (Å²) in [7, 11) is 0. The van der Waals surface area contributed by atoms with Crippen molar-refractivity contribution in [1.29, 1.82) is 0 Å². The Bertz CT molecular complexity index is 1160. The third-order valence-electron chi connectivity index (χ3n) is 5.58. The molecule has 1 saturated heterocycles. The second-order valence-corrected chi connectivity index (χ2v) is 7.58. The number of hydrogen-bond donors (Lipinski definition) is 1. The number of benzene rings is 1. The third-order valence-corrected chi connectivity index (χ3v) is 5.58. The zero-order valence-electron chi connectivity index (χ0n) is 15.4. The average Bonchev–Trinajstić information content (AvgIpc) is 3.47. The second kappa shape index (κ2) is 6.71. The molecule has 1 aromatic carbocycles. The number of likely N-dealkylation sites (tertiary alicyclic amines) is 1. The molecule has 29 heavy (non-hydrogen) atoms. The minimum atomic E-state index is -0.865. The Morgan fingerprint density at radius 1 is 1.14 bits per heavy atom. The van der Waals surface area contributed by atoms with Crippen LogP contribution in [0.3, 0.4) is 0 Å². The van der Waals surface area contributed by atoms with Crippen molar-refractivity contribution in [2.24, 2.45) is 0 Å². The average molecular weight is 400 g/mol. The largest absolute Gasteiger partial charge is 0.338 e. The van der Waals surface area contributed by atoms with Gasteiger partial charge in [0.2, 0.25) is 0 Å². The normalized spacial score (nSPS) is 17.8. The molecular formula is C19H18F2N6O2. The molecule has 1 aliphatic heterocycles. The molecule has 1 saturated carbocycles. The van der Waals surface area contributed by atoms with Crippen molar-refractivity contribution in [3.63, 3.8) is 0 Å². The lowest BCUT2D eigenvalue weighted by Crippen LogP contribution is -2.39. The minimum Gasteiger partial charge on any atom is -0.338 e. The Morgan fingerprint density at radius 2 is 1.90 bits per heavy atom. The van der Waals surface area contributed by atoms with Crippen LogP contribution in [0.15, 0.2) is 23.0 Å². The number of aromatic amines is 1. The van der Waals surface area contributed by atoms with Gasteiger partial charge in [0.25, 0.3) is 11.5 Å². The topological polar surface area (TPSA) is 96.8 Å². The van der Waals surface area contributed by atoms with Crippen molar-refractivity contribution in [2.45, 2.75) is 37.6 Å². The van der Waals surface area contributed by atoms with Gasteiger partial charge in [-0.15, -0.1) is 5.10 Å². The Labute approximate surface area is 163 Å². The van der Waals surface area contributed by atoms with E-state index in [4.69, 9.17) is 0 Å². The van der Waals surface area contributed by atoms with E-state index in [2.05, 4.69) is 20.3 Å².